The molecule has 0 atom stereocenters. The number of carbonyl (C=O) groups is 1. The number of anilines is 2. The van der Waals surface area contributed by atoms with Gasteiger partial charge in [-0.25, -0.2) is 4.79 Å². The van der Waals surface area contributed by atoms with E-state index in [0.717, 1.165) is 18.5 Å². The first-order valence-electron chi connectivity index (χ1n) is 6.28. The molecule has 1 aromatic rings. The molecule has 0 aliphatic heterocycles. The Morgan fingerprint density at radius 3 is 2.89 bits per heavy atom. The zero-order valence-electron chi connectivity index (χ0n) is 10.9. The van der Waals surface area contributed by atoms with Crippen LogP contribution in [0.25, 0.3) is 0 Å². The molecule has 0 heterocycles. The molecule has 5 nitrogen and oxygen atoms in total. The van der Waals surface area contributed by atoms with Gasteiger partial charge in [0.15, 0.2) is 0 Å². The van der Waals surface area contributed by atoms with Gasteiger partial charge in [0.1, 0.15) is 0 Å². The molecule has 1 aromatic carbocycles. The van der Waals surface area contributed by atoms with Crippen LogP contribution < -0.4 is 10.6 Å². The van der Waals surface area contributed by atoms with E-state index in [4.69, 9.17) is 15.7 Å². The second kappa shape index (κ2) is 5.61. The predicted molar refractivity (Wildman–Crippen MR) is 72.8 cm³/mol. The molecule has 0 amide bonds. The summed E-state index contributed by atoms with van der Waals surface area (Å²) in [6.45, 7) is 0.672. The summed E-state index contributed by atoms with van der Waals surface area (Å²) in [5.41, 5.74) is 7.50. The Labute approximate surface area is 112 Å². The zero-order chi connectivity index (χ0) is 13.8. The third kappa shape index (κ3) is 2.97. The zero-order valence-corrected chi connectivity index (χ0v) is 10.9. The van der Waals surface area contributed by atoms with E-state index in [-0.39, 0.29) is 0 Å². The van der Waals surface area contributed by atoms with Crippen molar-refractivity contribution in [3.63, 3.8) is 0 Å². The topological polar surface area (TPSA) is 79.3 Å². The molecule has 0 unspecified atom stereocenters. The largest absolute Gasteiger partial charge is 0.465 e. The van der Waals surface area contributed by atoms with Gasteiger partial charge in [-0.2, -0.15) is 5.26 Å². The lowest BCUT2D eigenvalue weighted by atomic mass is 10.1. The molecule has 0 spiro atoms. The van der Waals surface area contributed by atoms with Crippen LogP contribution in [0.5, 0.6) is 0 Å². The minimum atomic E-state index is -0.435. The number of methoxy groups -OCH3 is 1. The van der Waals surface area contributed by atoms with E-state index < -0.39 is 5.97 Å². The molecule has 100 valence electrons. The Balaban J connectivity index is 2.27. The summed E-state index contributed by atoms with van der Waals surface area (Å²) in [7, 11) is 1.34. The molecule has 2 rings (SSSR count). The molecule has 1 fully saturated rings. The van der Waals surface area contributed by atoms with Crippen molar-refractivity contribution in [3.05, 3.63) is 23.8 Å². The first-order chi connectivity index (χ1) is 9.17. The fraction of sp³-hybridized carbons (Fsp3) is 0.429. The van der Waals surface area contributed by atoms with E-state index in [1.165, 1.54) is 7.11 Å². The van der Waals surface area contributed by atoms with Crippen LogP contribution in [-0.4, -0.2) is 25.7 Å². The molecule has 0 saturated heterocycles. The molecule has 2 N–H and O–H groups in total. The molecule has 5 heteroatoms. The van der Waals surface area contributed by atoms with Crippen LogP contribution in [0, 0.1) is 11.3 Å². The molecule has 0 aromatic heterocycles. The van der Waals surface area contributed by atoms with E-state index in [0.29, 0.717) is 30.3 Å². The molecule has 19 heavy (non-hydrogen) atoms. The second-order valence-electron chi connectivity index (χ2n) is 4.60. The SMILES string of the molecule is COC(=O)c1cc(N(CCC#N)C2CC2)ccc1N. The maximum Gasteiger partial charge on any atom is 0.340 e. The van der Waals surface area contributed by atoms with Crippen molar-refractivity contribution in [1.29, 1.82) is 5.26 Å². The van der Waals surface area contributed by atoms with Gasteiger partial charge in [-0.15, -0.1) is 0 Å². The number of rotatable bonds is 5. The summed E-state index contributed by atoms with van der Waals surface area (Å²) in [5, 5.41) is 8.72. The molecule has 0 radical (unpaired) electrons. The smallest absolute Gasteiger partial charge is 0.340 e. The molecule has 1 saturated carbocycles. The van der Waals surface area contributed by atoms with Crippen molar-refractivity contribution in [1.82, 2.24) is 0 Å². The van der Waals surface area contributed by atoms with Crippen LogP contribution in [-0.2, 0) is 4.74 Å². The summed E-state index contributed by atoms with van der Waals surface area (Å²) in [4.78, 5) is 13.8. The molecular weight excluding hydrogens is 242 g/mol. The number of nitrogens with two attached hydrogens (primary N) is 1. The Morgan fingerprint density at radius 2 is 2.32 bits per heavy atom. The summed E-state index contributed by atoms with van der Waals surface area (Å²) >= 11 is 0. The standard InChI is InChI=1S/C14H17N3O2/c1-19-14(18)12-9-11(5-6-13(12)16)17(8-2-7-15)10-3-4-10/h5-6,9-10H,2-4,8,16H2,1H3. The maximum absolute atomic E-state index is 11.6. The van der Waals surface area contributed by atoms with E-state index in [9.17, 15) is 4.79 Å². The monoisotopic (exact) mass is 259 g/mol. The number of nitrogen functional groups attached to an aromatic ring is 1. The Bertz CT molecular complexity index is 518. The number of ether oxygens (including phenoxy) is 1. The third-order valence-corrected chi connectivity index (χ3v) is 3.23. The lowest BCUT2D eigenvalue weighted by Gasteiger charge is -2.24. The number of hydrogen-bond donors (Lipinski definition) is 1. The van der Waals surface area contributed by atoms with Crippen molar-refractivity contribution in [2.24, 2.45) is 0 Å². The number of carbonyl (C=O) groups excluding carboxylic acids is 1. The number of esters is 1. The Hall–Kier alpha value is -2.22. The van der Waals surface area contributed by atoms with Gasteiger partial charge in [0, 0.05) is 24.0 Å². The number of nitrogens with zero attached hydrogens (tertiary/aromatic N) is 2. The van der Waals surface area contributed by atoms with Gasteiger partial charge in [-0.3, -0.25) is 0 Å². The first-order valence-corrected chi connectivity index (χ1v) is 6.28. The van der Waals surface area contributed by atoms with Crippen LogP contribution >= 0.6 is 0 Å². The Morgan fingerprint density at radius 1 is 1.58 bits per heavy atom. The van der Waals surface area contributed by atoms with E-state index in [2.05, 4.69) is 11.0 Å². The predicted octanol–water partition coefficient (Wildman–Crippen LogP) is 1.94. The number of nitriles is 1. The second-order valence-corrected chi connectivity index (χ2v) is 4.60. The lowest BCUT2D eigenvalue weighted by molar-refractivity contribution is 0.0602. The van der Waals surface area contributed by atoms with Gasteiger partial charge in [0.25, 0.3) is 0 Å². The Kier molecular flexibility index (Phi) is 3.91. The lowest BCUT2D eigenvalue weighted by Crippen LogP contribution is -2.27. The fourth-order valence-corrected chi connectivity index (χ4v) is 2.09. The molecule has 0 bridgehead atoms. The summed E-state index contributed by atoms with van der Waals surface area (Å²) in [6.07, 6.45) is 2.72. The quantitative estimate of drug-likeness (QED) is 0.645. The van der Waals surface area contributed by atoms with Gasteiger partial charge in [0.05, 0.1) is 25.2 Å². The maximum atomic E-state index is 11.6. The third-order valence-electron chi connectivity index (χ3n) is 3.23. The van der Waals surface area contributed by atoms with Gasteiger partial charge >= 0.3 is 5.97 Å². The van der Waals surface area contributed by atoms with Gasteiger partial charge in [-0.1, -0.05) is 0 Å². The van der Waals surface area contributed by atoms with Crippen molar-refractivity contribution in [2.45, 2.75) is 25.3 Å². The van der Waals surface area contributed by atoms with Crippen LogP contribution in [0.3, 0.4) is 0 Å². The van der Waals surface area contributed by atoms with Crippen molar-refractivity contribution in [3.8, 4) is 6.07 Å². The van der Waals surface area contributed by atoms with E-state index in [1.807, 2.05) is 6.07 Å². The van der Waals surface area contributed by atoms with Crippen LogP contribution in [0.1, 0.15) is 29.6 Å². The highest BCUT2D eigenvalue weighted by Gasteiger charge is 2.29. The number of benzene rings is 1. The van der Waals surface area contributed by atoms with Crippen LogP contribution in [0.15, 0.2) is 18.2 Å². The highest BCUT2D eigenvalue weighted by atomic mass is 16.5. The summed E-state index contributed by atoms with van der Waals surface area (Å²) in [6, 6.07) is 7.97. The van der Waals surface area contributed by atoms with Crippen molar-refractivity contribution in [2.75, 3.05) is 24.3 Å². The normalized spacial score (nSPS) is 13.7. The molecule has 1 aliphatic carbocycles. The van der Waals surface area contributed by atoms with E-state index >= 15 is 0 Å². The average Bonchev–Trinajstić information content (AvgIpc) is 3.24. The van der Waals surface area contributed by atoms with Crippen LogP contribution in [0.4, 0.5) is 11.4 Å². The minimum absolute atomic E-state index is 0.377. The summed E-state index contributed by atoms with van der Waals surface area (Å²) in [5.74, 6) is -0.435. The van der Waals surface area contributed by atoms with Gasteiger partial charge in [-0.05, 0) is 31.0 Å². The first kappa shape index (κ1) is 13.2. The molecular formula is C14H17N3O2. The highest BCUT2D eigenvalue weighted by Crippen LogP contribution is 2.33. The van der Waals surface area contributed by atoms with Gasteiger partial charge < -0.3 is 15.4 Å². The highest BCUT2D eigenvalue weighted by molar-refractivity contribution is 5.96. The van der Waals surface area contributed by atoms with Crippen molar-refractivity contribution < 1.29 is 9.53 Å². The summed E-state index contributed by atoms with van der Waals surface area (Å²) < 4.78 is 4.72. The van der Waals surface area contributed by atoms with Gasteiger partial charge in [0.2, 0.25) is 0 Å². The van der Waals surface area contributed by atoms with E-state index in [1.54, 1.807) is 12.1 Å². The number of hydrogen-bond acceptors (Lipinski definition) is 5. The minimum Gasteiger partial charge on any atom is -0.465 e. The average molecular weight is 259 g/mol. The fourth-order valence-electron chi connectivity index (χ4n) is 2.09. The molecule has 1 aliphatic rings. The van der Waals surface area contributed by atoms with Crippen LogP contribution in [0.2, 0.25) is 0 Å². The van der Waals surface area contributed by atoms with Crippen molar-refractivity contribution >= 4 is 17.3 Å².